The van der Waals surface area contributed by atoms with E-state index in [1.807, 2.05) is 31.2 Å². The predicted octanol–water partition coefficient (Wildman–Crippen LogP) is 4.96. The second-order valence-corrected chi connectivity index (χ2v) is 7.23. The molecule has 0 N–H and O–H groups in total. The van der Waals surface area contributed by atoms with Gasteiger partial charge in [0, 0.05) is 61.1 Å². The van der Waals surface area contributed by atoms with Crippen molar-refractivity contribution in [3.63, 3.8) is 0 Å². The number of piperidine rings is 1. The van der Waals surface area contributed by atoms with Crippen LogP contribution in [0.4, 0.5) is 8.78 Å². The number of hydrogen-bond donors (Lipinski definition) is 0. The fraction of sp³-hybridized carbons (Fsp3) is 0.304. The van der Waals surface area contributed by atoms with E-state index in [9.17, 15) is 13.6 Å². The molecule has 0 spiro atoms. The summed E-state index contributed by atoms with van der Waals surface area (Å²) in [4.78, 5) is 17.9. The number of amides is 1. The van der Waals surface area contributed by atoms with E-state index in [1.165, 1.54) is 0 Å². The quantitative estimate of drug-likeness (QED) is 0.626. The molecule has 0 bridgehead atoms. The summed E-state index contributed by atoms with van der Waals surface area (Å²) in [5.74, 6) is -1.16. The van der Waals surface area contributed by atoms with Crippen LogP contribution in [0, 0.1) is 11.6 Å². The maximum atomic E-state index is 14.8. The summed E-state index contributed by atoms with van der Waals surface area (Å²) in [6.45, 7) is 2.97. The number of likely N-dealkylation sites (tertiary alicyclic amines) is 1. The maximum Gasteiger partial charge on any atom is 0.222 e. The molecule has 1 aromatic heterocycles. The maximum absolute atomic E-state index is 14.8. The third-order valence-corrected chi connectivity index (χ3v) is 5.31. The topological polar surface area (TPSA) is 42.4 Å². The highest BCUT2D eigenvalue weighted by Gasteiger charge is 2.24. The van der Waals surface area contributed by atoms with Gasteiger partial charge in [0.1, 0.15) is 11.9 Å². The lowest BCUT2D eigenvalue weighted by molar-refractivity contribution is -0.132. The molecule has 0 atom stereocenters. The molecular formula is C23H22F2N2O2. The zero-order valence-corrected chi connectivity index (χ0v) is 16.2. The van der Waals surface area contributed by atoms with Crippen LogP contribution in [0.15, 0.2) is 48.7 Å². The number of hydrogen-bond acceptors (Lipinski definition) is 3. The van der Waals surface area contributed by atoms with Crippen LogP contribution in [-0.4, -0.2) is 35.0 Å². The zero-order chi connectivity index (χ0) is 20.4. The summed E-state index contributed by atoms with van der Waals surface area (Å²) in [6, 6.07) is 11.6. The van der Waals surface area contributed by atoms with Gasteiger partial charge in [-0.1, -0.05) is 25.1 Å². The van der Waals surface area contributed by atoms with Crippen molar-refractivity contribution in [2.75, 3.05) is 13.1 Å². The highest BCUT2D eigenvalue weighted by Crippen LogP contribution is 2.31. The van der Waals surface area contributed by atoms with Gasteiger partial charge in [-0.05, 0) is 18.2 Å². The van der Waals surface area contributed by atoms with Crippen molar-refractivity contribution < 1.29 is 18.3 Å². The number of fused-ring (bicyclic) bond motifs is 1. The predicted molar refractivity (Wildman–Crippen MR) is 108 cm³/mol. The molecule has 0 aliphatic carbocycles. The highest BCUT2D eigenvalue weighted by molar-refractivity contribution is 5.83. The fourth-order valence-electron chi connectivity index (χ4n) is 3.68. The van der Waals surface area contributed by atoms with Gasteiger partial charge in [0.15, 0.2) is 11.6 Å². The first kappa shape index (κ1) is 19.3. The molecule has 1 amide bonds. The average Bonchev–Trinajstić information content (AvgIpc) is 2.75. The number of rotatable bonds is 4. The van der Waals surface area contributed by atoms with E-state index >= 15 is 0 Å². The normalized spacial score (nSPS) is 14.9. The number of ether oxygens (including phenoxy) is 1. The summed E-state index contributed by atoms with van der Waals surface area (Å²) in [6.07, 6.45) is 2.97. The standard InChI is InChI=1S/C23H22F2N2O2/c1-2-23(28)27-9-7-17(8-10-27)29-22-13-19(24)18(12-20(22)25)16-11-15-5-3-4-6-21(15)26-14-16/h3-6,11-14,17H,2,7-10H2,1H3. The van der Waals surface area contributed by atoms with Gasteiger partial charge < -0.3 is 9.64 Å². The Hall–Kier alpha value is -3.02. The minimum absolute atomic E-state index is 0.0970. The Labute approximate surface area is 168 Å². The second-order valence-electron chi connectivity index (χ2n) is 7.23. The van der Waals surface area contributed by atoms with E-state index in [0.29, 0.717) is 37.9 Å². The van der Waals surface area contributed by atoms with Crippen molar-refractivity contribution >= 4 is 16.8 Å². The first-order valence-corrected chi connectivity index (χ1v) is 9.84. The van der Waals surface area contributed by atoms with Crippen LogP contribution in [0.5, 0.6) is 5.75 Å². The Morgan fingerprint density at radius 1 is 1.14 bits per heavy atom. The van der Waals surface area contributed by atoms with E-state index in [4.69, 9.17) is 4.74 Å². The minimum Gasteiger partial charge on any atom is -0.487 e. The van der Waals surface area contributed by atoms with Gasteiger partial charge in [-0.3, -0.25) is 9.78 Å². The lowest BCUT2D eigenvalue weighted by Gasteiger charge is -2.32. The summed E-state index contributed by atoms with van der Waals surface area (Å²) in [7, 11) is 0. The molecule has 29 heavy (non-hydrogen) atoms. The zero-order valence-electron chi connectivity index (χ0n) is 16.2. The molecule has 4 rings (SSSR count). The highest BCUT2D eigenvalue weighted by atomic mass is 19.1. The fourth-order valence-corrected chi connectivity index (χ4v) is 3.68. The number of aromatic nitrogens is 1. The van der Waals surface area contributed by atoms with Crippen LogP contribution in [0.2, 0.25) is 0 Å². The van der Waals surface area contributed by atoms with Crippen LogP contribution in [0.1, 0.15) is 26.2 Å². The Morgan fingerprint density at radius 2 is 1.90 bits per heavy atom. The number of halogens is 2. The van der Waals surface area contributed by atoms with Crippen molar-refractivity contribution in [2.45, 2.75) is 32.3 Å². The molecule has 2 aromatic carbocycles. The van der Waals surface area contributed by atoms with E-state index in [0.717, 1.165) is 23.0 Å². The molecule has 0 unspecified atom stereocenters. The molecular weight excluding hydrogens is 374 g/mol. The number of nitrogens with zero attached hydrogens (tertiary/aromatic N) is 2. The molecule has 0 saturated carbocycles. The third kappa shape index (κ3) is 4.06. The van der Waals surface area contributed by atoms with Crippen LogP contribution < -0.4 is 4.74 Å². The number of para-hydroxylation sites is 1. The van der Waals surface area contributed by atoms with Gasteiger partial charge in [-0.2, -0.15) is 0 Å². The molecule has 1 aliphatic heterocycles. The monoisotopic (exact) mass is 396 g/mol. The number of carbonyl (C=O) groups is 1. The molecule has 1 fully saturated rings. The molecule has 150 valence electrons. The SMILES string of the molecule is CCC(=O)N1CCC(Oc2cc(F)c(-c3cnc4ccccc4c3)cc2F)CC1. The Balaban J connectivity index is 1.52. The van der Waals surface area contributed by atoms with Crippen LogP contribution >= 0.6 is 0 Å². The van der Waals surface area contributed by atoms with Crippen molar-refractivity contribution in [3.8, 4) is 16.9 Å². The van der Waals surface area contributed by atoms with Gasteiger partial charge in [0.2, 0.25) is 5.91 Å². The molecule has 0 radical (unpaired) electrons. The van der Waals surface area contributed by atoms with Gasteiger partial charge in [0.05, 0.1) is 5.52 Å². The van der Waals surface area contributed by atoms with Crippen molar-refractivity contribution in [2.24, 2.45) is 0 Å². The summed E-state index contributed by atoms with van der Waals surface area (Å²) >= 11 is 0. The Bertz CT molecular complexity index is 1050. The lowest BCUT2D eigenvalue weighted by atomic mass is 10.0. The summed E-state index contributed by atoms with van der Waals surface area (Å²) in [5, 5.41) is 0.860. The number of pyridine rings is 1. The largest absolute Gasteiger partial charge is 0.487 e. The van der Waals surface area contributed by atoms with Crippen molar-refractivity contribution in [3.05, 3.63) is 60.3 Å². The van der Waals surface area contributed by atoms with Crippen molar-refractivity contribution in [1.82, 2.24) is 9.88 Å². The molecule has 2 heterocycles. The Morgan fingerprint density at radius 3 is 2.66 bits per heavy atom. The van der Waals surface area contributed by atoms with Gasteiger partial charge >= 0.3 is 0 Å². The van der Waals surface area contributed by atoms with Crippen LogP contribution in [0.25, 0.3) is 22.0 Å². The van der Waals surface area contributed by atoms with E-state index in [2.05, 4.69) is 4.98 Å². The van der Waals surface area contributed by atoms with Crippen LogP contribution in [-0.2, 0) is 4.79 Å². The van der Waals surface area contributed by atoms with Crippen molar-refractivity contribution in [1.29, 1.82) is 0 Å². The second kappa shape index (κ2) is 8.15. The summed E-state index contributed by atoms with van der Waals surface area (Å²) < 4.78 is 35.1. The molecule has 4 nitrogen and oxygen atoms in total. The van der Waals surface area contributed by atoms with E-state index < -0.39 is 11.6 Å². The molecule has 3 aromatic rings. The van der Waals surface area contributed by atoms with Crippen LogP contribution in [0.3, 0.4) is 0 Å². The number of carbonyl (C=O) groups excluding carboxylic acids is 1. The first-order valence-electron chi connectivity index (χ1n) is 9.84. The average molecular weight is 396 g/mol. The molecule has 1 saturated heterocycles. The molecule has 6 heteroatoms. The van der Waals surface area contributed by atoms with E-state index in [-0.39, 0.29) is 23.3 Å². The van der Waals surface area contributed by atoms with Gasteiger partial charge in [0.25, 0.3) is 0 Å². The third-order valence-electron chi connectivity index (χ3n) is 5.31. The lowest BCUT2D eigenvalue weighted by Crippen LogP contribution is -2.41. The van der Waals surface area contributed by atoms with Gasteiger partial charge in [-0.15, -0.1) is 0 Å². The van der Waals surface area contributed by atoms with E-state index in [1.54, 1.807) is 17.2 Å². The molecule has 1 aliphatic rings. The first-order chi connectivity index (χ1) is 14.0. The number of benzene rings is 2. The smallest absolute Gasteiger partial charge is 0.222 e. The van der Waals surface area contributed by atoms with Gasteiger partial charge in [-0.25, -0.2) is 8.78 Å². The summed E-state index contributed by atoms with van der Waals surface area (Å²) in [5.41, 5.74) is 1.46. The minimum atomic E-state index is -0.610. The Kier molecular flexibility index (Phi) is 5.43.